The summed E-state index contributed by atoms with van der Waals surface area (Å²) in [6.07, 6.45) is 1.84. The number of nitrogens with one attached hydrogen (secondary N) is 2. The first kappa shape index (κ1) is 27.9. The molecular formula is C33H40N4O3. The summed E-state index contributed by atoms with van der Waals surface area (Å²) in [4.78, 5) is 23.5. The number of aromatic amines is 1. The number of hydrogen-bond donors (Lipinski definition) is 2. The molecule has 7 heteroatoms. The number of nitrogens with zero attached hydrogens (tertiary/aromatic N) is 2. The van der Waals surface area contributed by atoms with Crippen molar-refractivity contribution in [2.45, 2.75) is 46.7 Å². The maximum atomic E-state index is 13.1. The maximum Gasteiger partial charge on any atom is 0.251 e. The van der Waals surface area contributed by atoms with Crippen LogP contribution in [0.5, 0.6) is 5.75 Å². The van der Waals surface area contributed by atoms with Crippen molar-refractivity contribution >= 4 is 16.9 Å². The largest absolute Gasteiger partial charge is 0.491 e. The molecule has 0 unspecified atom stereocenters. The van der Waals surface area contributed by atoms with Gasteiger partial charge in [-0.15, -0.1) is 0 Å². The minimum atomic E-state index is -0.142. The highest BCUT2D eigenvalue weighted by Gasteiger charge is 2.14. The molecule has 0 spiro atoms. The molecule has 5 rings (SSSR count). The van der Waals surface area contributed by atoms with Gasteiger partial charge in [0.25, 0.3) is 5.91 Å². The van der Waals surface area contributed by atoms with Crippen LogP contribution in [0.3, 0.4) is 0 Å². The van der Waals surface area contributed by atoms with E-state index in [9.17, 15) is 4.79 Å². The van der Waals surface area contributed by atoms with Crippen molar-refractivity contribution in [3.63, 3.8) is 0 Å². The second kappa shape index (κ2) is 13.1. The van der Waals surface area contributed by atoms with Crippen LogP contribution in [0.15, 0.2) is 60.7 Å². The number of carbonyl (C=O) groups excluding carboxylic acids is 1. The van der Waals surface area contributed by atoms with E-state index in [1.807, 2.05) is 37.3 Å². The summed E-state index contributed by atoms with van der Waals surface area (Å²) < 4.78 is 12.0. The minimum Gasteiger partial charge on any atom is -0.491 e. The number of amides is 1. The molecule has 0 saturated heterocycles. The van der Waals surface area contributed by atoms with E-state index in [4.69, 9.17) is 9.47 Å². The van der Waals surface area contributed by atoms with Crippen molar-refractivity contribution in [1.82, 2.24) is 20.2 Å². The van der Waals surface area contributed by atoms with E-state index in [0.29, 0.717) is 44.3 Å². The lowest BCUT2D eigenvalue weighted by Crippen LogP contribution is -2.29. The molecule has 7 nitrogen and oxygen atoms in total. The third-order valence-corrected chi connectivity index (χ3v) is 7.28. The van der Waals surface area contributed by atoms with Crippen LogP contribution in [0.25, 0.3) is 11.0 Å². The summed E-state index contributed by atoms with van der Waals surface area (Å²) in [5, 5.41) is 3.01. The predicted molar refractivity (Wildman–Crippen MR) is 159 cm³/mol. The van der Waals surface area contributed by atoms with Gasteiger partial charge in [0, 0.05) is 25.1 Å². The molecule has 2 N–H and O–H groups in total. The van der Waals surface area contributed by atoms with Gasteiger partial charge in [-0.1, -0.05) is 44.2 Å². The molecule has 0 atom stereocenters. The Hall–Kier alpha value is -3.68. The lowest BCUT2D eigenvalue weighted by Gasteiger charge is -2.24. The Morgan fingerprint density at radius 2 is 1.93 bits per heavy atom. The number of aryl methyl sites for hydroxylation is 1. The zero-order valence-corrected chi connectivity index (χ0v) is 23.8. The van der Waals surface area contributed by atoms with Crippen LogP contribution >= 0.6 is 0 Å². The number of carbonyl (C=O) groups is 1. The molecule has 2 bridgehead atoms. The van der Waals surface area contributed by atoms with E-state index in [1.165, 1.54) is 16.7 Å². The molecule has 0 fully saturated rings. The zero-order chi connectivity index (χ0) is 27.9. The average Bonchev–Trinajstić information content (AvgIpc) is 3.34. The van der Waals surface area contributed by atoms with E-state index in [2.05, 4.69) is 64.4 Å². The standard InChI is InChI=1S/C33H40N4O3/c1-23(2)11-12-37-13-14-39-15-16-40-31-10-8-27(20-28(31)19-25-5-4-6-26(18-25)22-37)33(38)34-21-32-35-29-9-7-24(3)17-30(29)36-32/h4-10,17-18,20,23H,11-16,19,21-22H2,1-3H3,(H,34,38)(H,35,36). The van der Waals surface area contributed by atoms with Crippen molar-refractivity contribution in [2.24, 2.45) is 5.92 Å². The van der Waals surface area contributed by atoms with Crippen molar-refractivity contribution in [2.75, 3.05) is 32.9 Å². The van der Waals surface area contributed by atoms with Gasteiger partial charge in [-0.2, -0.15) is 0 Å². The topological polar surface area (TPSA) is 79.5 Å². The molecule has 4 aromatic rings. The van der Waals surface area contributed by atoms with Crippen LogP contribution in [0.1, 0.15) is 58.7 Å². The molecule has 0 saturated carbocycles. The lowest BCUT2D eigenvalue weighted by atomic mass is 9.99. The average molecular weight is 541 g/mol. The Kier molecular flexibility index (Phi) is 9.14. The van der Waals surface area contributed by atoms with Crippen molar-refractivity contribution in [3.05, 3.63) is 94.3 Å². The summed E-state index contributed by atoms with van der Waals surface area (Å²) in [6.45, 7) is 11.4. The number of aromatic nitrogens is 2. The van der Waals surface area contributed by atoms with Gasteiger partial charge in [-0.25, -0.2) is 4.98 Å². The Bertz CT molecular complexity index is 1440. The number of hydrogen-bond acceptors (Lipinski definition) is 5. The van der Waals surface area contributed by atoms with Crippen LogP contribution in [-0.4, -0.2) is 53.7 Å². The molecule has 2 heterocycles. The summed E-state index contributed by atoms with van der Waals surface area (Å²) in [7, 11) is 0. The van der Waals surface area contributed by atoms with Gasteiger partial charge in [-0.05, 0) is 78.4 Å². The highest BCUT2D eigenvalue weighted by Crippen LogP contribution is 2.25. The number of H-pyrrole nitrogens is 1. The van der Waals surface area contributed by atoms with Gasteiger partial charge >= 0.3 is 0 Å². The Labute approximate surface area is 236 Å². The van der Waals surface area contributed by atoms with Crippen LogP contribution in [0.2, 0.25) is 0 Å². The molecule has 1 aliphatic heterocycles. The SMILES string of the molecule is Cc1ccc2nc(CNC(=O)c3ccc4c(c3)Cc3cccc(c3)CN(CCC(C)C)CCOCCO4)[nH]c2c1. The fourth-order valence-corrected chi connectivity index (χ4v) is 5.06. The normalized spacial score (nSPS) is 14.9. The van der Waals surface area contributed by atoms with Crippen LogP contribution in [-0.2, 0) is 24.2 Å². The fourth-order valence-electron chi connectivity index (χ4n) is 5.06. The van der Waals surface area contributed by atoms with Crippen LogP contribution in [0, 0.1) is 12.8 Å². The second-order valence-electron chi connectivity index (χ2n) is 11.1. The first-order valence-corrected chi connectivity index (χ1v) is 14.3. The van der Waals surface area contributed by atoms with Crippen LogP contribution in [0.4, 0.5) is 0 Å². The van der Waals surface area contributed by atoms with Gasteiger partial charge in [0.1, 0.15) is 18.2 Å². The molecule has 1 amide bonds. The quantitative estimate of drug-likeness (QED) is 0.331. The molecular weight excluding hydrogens is 500 g/mol. The number of rotatable bonds is 6. The molecule has 1 aromatic heterocycles. The molecule has 0 aliphatic carbocycles. The molecule has 1 aliphatic rings. The molecule has 0 radical (unpaired) electrons. The van der Waals surface area contributed by atoms with E-state index in [-0.39, 0.29) is 5.91 Å². The third-order valence-electron chi connectivity index (χ3n) is 7.28. The Morgan fingerprint density at radius 3 is 2.80 bits per heavy atom. The van der Waals surface area contributed by atoms with E-state index in [1.54, 1.807) is 0 Å². The fraction of sp³-hybridized carbons (Fsp3) is 0.394. The highest BCUT2D eigenvalue weighted by atomic mass is 16.5. The number of benzene rings is 3. The first-order valence-electron chi connectivity index (χ1n) is 14.3. The van der Waals surface area contributed by atoms with Gasteiger partial charge in [-0.3, -0.25) is 9.69 Å². The van der Waals surface area contributed by atoms with E-state index in [0.717, 1.165) is 54.2 Å². The second-order valence-corrected chi connectivity index (χ2v) is 11.1. The summed E-state index contributed by atoms with van der Waals surface area (Å²) in [5.41, 5.74) is 7.11. The van der Waals surface area contributed by atoms with Crippen molar-refractivity contribution in [3.8, 4) is 5.75 Å². The zero-order valence-electron chi connectivity index (χ0n) is 23.8. The summed E-state index contributed by atoms with van der Waals surface area (Å²) in [6, 6.07) is 20.5. The Morgan fingerprint density at radius 1 is 1.05 bits per heavy atom. The lowest BCUT2D eigenvalue weighted by molar-refractivity contribution is 0.0764. The smallest absolute Gasteiger partial charge is 0.251 e. The minimum absolute atomic E-state index is 0.142. The highest BCUT2D eigenvalue weighted by molar-refractivity contribution is 5.94. The Balaban J connectivity index is 1.32. The van der Waals surface area contributed by atoms with Crippen molar-refractivity contribution in [1.29, 1.82) is 0 Å². The molecule has 3 aromatic carbocycles. The van der Waals surface area contributed by atoms with Crippen LogP contribution < -0.4 is 10.1 Å². The van der Waals surface area contributed by atoms with Gasteiger partial charge in [0.05, 0.1) is 30.8 Å². The summed E-state index contributed by atoms with van der Waals surface area (Å²) in [5.74, 6) is 2.04. The number of ether oxygens (including phenoxy) is 2. The third kappa shape index (κ3) is 7.49. The maximum absolute atomic E-state index is 13.1. The first-order chi connectivity index (χ1) is 19.4. The van der Waals surface area contributed by atoms with E-state index < -0.39 is 0 Å². The molecule has 40 heavy (non-hydrogen) atoms. The van der Waals surface area contributed by atoms with Gasteiger partial charge in [0.2, 0.25) is 0 Å². The van der Waals surface area contributed by atoms with Gasteiger partial charge < -0.3 is 19.8 Å². The number of fused-ring (bicyclic) bond motifs is 4. The predicted octanol–water partition coefficient (Wildman–Crippen LogP) is 5.65. The monoisotopic (exact) mass is 540 g/mol. The number of imidazole rings is 1. The van der Waals surface area contributed by atoms with Crippen molar-refractivity contribution < 1.29 is 14.3 Å². The molecule has 210 valence electrons. The van der Waals surface area contributed by atoms with Gasteiger partial charge in [0.15, 0.2) is 0 Å². The van der Waals surface area contributed by atoms with E-state index >= 15 is 0 Å². The summed E-state index contributed by atoms with van der Waals surface area (Å²) >= 11 is 0.